The summed E-state index contributed by atoms with van der Waals surface area (Å²) in [6.07, 6.45) is 1.70. The Labute approximate surface area is 123 Å². The minimum atomic E-state index is -0.390. The predicted molar refractivity (Wildman–Crippen MR) is 77.5 cm³/mol. The van der Waals surface area contributed by atoms with E-state index in [9.17, 15) is 4.79 Å². The van der Waals surface area contributed by atoms with Gasteiger partial charge in [0.05, 0.1) is 10.7 Å². The van der Waals surface area contributed by atoms with Gasteiger partial charge in [0.2, 0.25) is 5.82 Å². The zero-order valence-corrected chi connectivity index (χ0v) is 12.5. The maximum absolute atomic E-state index is 12.0. The highest BCUT2D eigenvalue weighted by atomic mass is 79.9. The number of carbonyl (C=O) groups excluding carboxylic acids is 1. The van der Waals surface area contributed by atoms with Gasteiger partial charge in [0, 0.05) is 10.9 Å². The number of halogens is 2. The van der Waals surface area contributed by atoms with Crippen molar-refractivity contribution in [2.45, 2.75) is 19.8 Å². The fourth-order valence-corrected chi connectivity index (χ4v) is 2.04. The highest BCUT2D eigenvalue weighted by Crippen LogP contribution is 2.25. The van der Waals surface area contributed by atoms with Gasteiger partial charge in [0.1, 0.15) is 5.82 Å². The Morgan fingerprint density at radius 1 is 1.53 bits per heavy atom. The van der Waals surface area contributed by atoms with Crippen molar-refractivity contribution in [3.05, 3.63) is 39.3 Å². The fourth-order valence-electron chi connectivity index (χ4n) is 1.52. The standard InChI is InChI=1S/C12H12BrClN4O/c1-2-3-10-16-11(18-17-10)12(19)15-9-6-7(13)4-5-8(9)14/h4-6H,2-3H2,1H3,(H,15,19)(H,16,17,18). The van der Waals surface area contributed by atoms with Gasteiger partial charge in [-0.3, -0.25) is 9.89 Å². The molecule has 0 saturated carbocycles. The number of hydrogen-bond acceptors (Lipinski definition) is 3. The third kappa shape index (κ3) is 3.54. The Hall–Kier alpha value is -1.40. The van der Waals surface area contributed by atoms with E-state index in [1.54, 1.807) is 18.2 Å². The molecule has 0 unspecified atom stereocenters. The number of aromatic amines is 1. The Morgan fingerprint density at radius 3 is 3.05 bits per heavy atom. The molecule has 0 saturated heterocycles. The molecule has 2 aromatic rings. The minimum absolute atomic E-state index is 0.111. The topological polar surface area (TPSA) is 70.7 Å². The molecule has 0 aliphatic rings. The van der Waals surface area contributed by atoms with E-state index < -0.39 is 5.91 Å². The van der Waals surface area contributed by atoms with Crippen LogP contribution in [0.1, 0.15) is 29.8 Å². The van der Waals surface area contributed by atoms with Crippen LogP contribution in [0.15, 0.2) is 22.7 Å². The van der Waals surface area contributed by atoms with Crippen LogP contribution in [0.2, 0.25) is 5.02 Å². The summed E-state index contributed by atoms with van der Waals surface area (Å²) in [6.45, 7) is 2.03. The summed E-state index contributed by atoms with van der Waals surface area (Å²) in [5.41, 5.74) is 0.517. The molecule has 1 aromatic carbocycles. The number of benzene rings is 1. The molecular weight excluding hydrogens is 332 g/mol. The fraction of sp³-hybridized carbons (Fsp3) is 0.250. The molecule has 0 aliphatic heterocycles. The summed E-state index contributed by atoms with van der Waals surface area (Å²) >= 11 is 9.32. The molecule has 0 fully saturated rings. The number of hydrogen-bond donors (Lipinski definition) is 2. The van der Waals surface area contributed by atoms with E-state index in [0.717, 1.165) is 17.3 Å². The zero-order chi connectivity index (χ0) is 13.8. The molecule has 19 heavy (non-hydrogen) atoms. The molecule has 0 atom stereocenters. The Bertz CT molecular complexity index is 599. The summed E-state index contributed by atoms with van der Waals surface area (Å²) in [6, 6.07) is 5.21. The first kappa shape index (κ1) is 14.0. The number of H-pyrrole nitrogens is 1. The van der Waals surface area contributed by atoms with Crippen LogP contribution >= 0.6 is 27.5 Å². The van der Waals surface area contributed by atoms with Crippen LogP contribution in [-0.2, 0) is 6.42 Å². The average Bonchev–Trinajstić information content (AvgIpc) is 2.83. The number of aromatic nitrogens is 3. The highest BCUT2D eigenvalue weighted by Gasteiger charge is 2.14. The second-order valence-corrected chi connectivity index (χ2v) is 5.26. The van der Waals surface area contributed by atoms with E-state index >= 15 is 0 Å². The lowest BCUT2D eigenvalue weighted by Crippen LogP contribution is -2.14. The van der Waals surface area contributed by atoms with Gasteiger partial charge < -0.3 is 5.32 Å². The van der Waals surface area contributed by atoms with E-state index in [1.165, 1.54) is 0 Å². The lowest BCUT2D eigenvalue weighted by molar-refractivity contribution is 0.101. The number of nitrogens with zero attached hydrogens (tertiary/aromatic N) is 2. The van der Waals surface area contributed by atoms with Crippen LogP contribution in [0.25, 0.3) is 0 Å². The van der Waals surface area contributed by atoms with Crippen molar-refractivity contribution in [1.29, 1.82) is 0 Å². The van der Waals surface area contributed by atoms with Crippen LogP contribution in [0.4, 0.5) is 5.69 Å². The van der Waals surface area contributed by atoms with Gasteiger partial charge in [-0.2, -0.15) is 0 Å². The van der Waals surface area contributed by atoms with Gasteiger partial charge in [0.25, 0.3) is 5.91 Å². The van der Waals surface area contributed by atoms with Crippen molar-refractivity contribution in [2.75, 3.05) is 5.32 Å². The Balaban J connectivity index is 2.13. The van der Waals surface area contributed by atoms with E-state index in [-0.39, 0.29) is 5.82 Å². The van der Waals surface area contributed by atoms with Crippen LogP contribution in [0.3, 0.4) is 0 Å². The van der Waals surface area contributed by atoms with Crippen LogP contribution in [-0.4, -0.2) is 21.1 Å². The molecular formula is C12H12BrClN4O. The number of rotatable bonds is 4. The molecule has 2 N–H and O–H groups in total. The SMILES string of the molecule is CCCc1nc(C(=O)Nc2cc(Br)ccc2Cl)n[nH]1. The molecule has 0 spiro atoms. The van der Waals surface area contributed by atoms with Gasteiger partial charge in [-0.05, 0) is 24.6 Å². The van der Waals surface area contributed by atoms with E-state index in [4.69, 9.17) is 11.6 Å². The van der Waals surface area contributed by atoms with E-state index in [1.807, 2.05) is 6.92 Å². The van der Waals surface area contributed by atoms with Gasteiger partial charge >= 0.3 is 0 Å². The zero-order valence-electron chi connectivity index (χ0n) is 10.2. The molecule has 0 radical (unpaired) electrons. The first-order chi connectivity index (χ1) is 9.10. The summed E-state index contributed by atoms with van der Waals surface area (Å²) in [4.78, 5) is 16.1. The largest absolute Gasteiger partial charge is 0.318 e. The quantitative estimate of drug-likeness (QED) is 0.893. The maximum atomic E-state index is 12.0. The van der Waals surface area contributed by atoms with Crippen LogP contribution in [0, 0.1) is 0 Å². The number of amides is 1. The minimum Gasteiger partial charge on any atom is -0.318 e. The van der Waals surface area contributed by atoms with Crippen molar-refractivity contribution in [3.8, 4) is 0 Å². The molecule has 1 heterocycles. The number of anilines is 1. The molecule has 7 heteroatoms. The van der Waals surface area contributed by atoms with Crippen molar-refractivity contribution in [1.82, 2.24) is 15.2 Å². The smallest absolute Gasteiger partial charge is 0.295 e. The first-order valence-electron chi connectivity index (χ1n) is 5.78. The predicted octanol–water partition coefficient (Wildman–Crippen LogP) is 3.43. The highest BCUT2D eigenvalue weighted by molar-refractivity contribution is 9.10. The molecule has 2 rings (SSSR count). The van der Waals surface area contributed by atoms with Gasteiger partial charge in [0.15, 0.2) is 0 Å². The normalized spacial score (nSPS) is 10.5. The molecule has 1 amide bonds. The molecule has 1 aromatic heterocycles. The lowest BCUT2D eigenvalue weighted by atomic mass is 10.3. The second-order valence-electron chi connectivity index (χ2n) is 3.93. The molecule has 0 aliphatic carbocycles. The number of carbonyl (C=O) groups is 1. The van der Waals surface area contributed by atoms with Gasteiger partial charge in [-0.15, -0.1) is 5.10 Å². The number of nitrogens with one attached hydrogen (secondary N) is 2. The summed E-state index contributed by atoms with van der Waals surface area (Å²) < 4.78 is 0.828. The van der Waals surface area contributed by atoms with Crippen molar-refractivity contribution in [2.24, 2.45) is 0 Å². The monoisotopic (exact) mass is 342 g/mol. The van der Waals surface area contributed by atoms with Gasteiger partial charge in [-0.25, -0.2) is 4.98 Å². The van der Waals surface area contributed by atoms with E-state index in [2.05, 4.69) is 36.4 Å². The maximum Gasteiger partial charge on any atom is 0.295 e. The summed E-state index contributed by atoms with van der Waals surface area (Å²) in [5.74, 6) is 0.422. The van der Waals surface area contributed by atoms with Crippen molar-refractivity contribution in [3.63, 3.8) is 0 Å². The average molecular weight is 344 g/mol. The van der Waals surface area contributed by atoms with Crippen LogP contribution < -0.4 is 5.32 Å². The third-order valence-corrected chi connectivity index (χ3v) is 3.22. The van der Waals surface area contributed by atoms with Crippen molar-refractivity contribution < 1.29 is 4.79 Å². The second kappa shape index (κ2) is 6.16. The van der Waals surface area contributed by atoms with Crippen LogP contribution in [0.5, 0.6) is 0 Å². The van der Waals surface area contributed by atoms with Crippen molar-refractivity contribution >= 4 is 39.1 Å². The summed E-state index contributed by atoms with van der Waals surface area (Å²) in [5, 5.41) is 9.75. The third-order valence-electron chi connectivity index (χ3n) is 2.40. The summed E-state index contributed by atoms with van der Waals surface area (Å²) in [7, 11) is 0. The number of aryl methyl sites for hydroxylation is 1. The van der Waals surface area contributed by atoms with Gasteiger partial charge in [-0.1, -0.05) is 34.5 Å². The Morgan fingerprint density at radius 2 is 2.32 bits per heavy atom. The first-order valence-corrected chi connectivity index (χ1v) is 6.95. The molecule has 5 nitrogen and oxygen atoms in total. The Kier molecular flexibility index (Phi) is 4.55. The van der Waals surface area contributed by atoms with E-state index in [0.29, 0.717) is 16.5 Å². The molecule has 100 valence electrons. The lowest BCUT2D eigenvalue weighted by Gasteiger charge is -2.05. The molecule has 0 bridgehead atoms.